The van der Waals surface area contributed by atoms with Crippen LogP contribution in [0.4, 0.5) is 5.69 Å². The number of carbonyl (C=O) groups is 3. The Bertz CT molecular complexity index is 850. The number of thiocarbonyl (C=S) groups is 1. The summed E-state index contributed by atoms with van der Waals surface area (Å²) in [6.07, 6.45) is 0.652. The second-order valence-electron chi connectivity index (χ2n) is 5.92. The van der Waals surface area contributed by atoms with Gasteiger partial charge in [-0.25, -0.2) is 4.79 Å². The molecule has 1 heterocycles. The predicted octanol–water partition coefficient (Wildman–Crippen LogP) is 2.37. The quantitative estimate of drug-likeness (QED) is 0.427. The van der Waals surface area contributed by atoms with E-state index in [0.29, 0.717) is 5.56 Å². The van der Waals surface area contributed by atoms with Gasteiger partial charge >= 0.3 is 11.9 Å². The zero-order chi connectivity index (χ0) is 21.0. The molecule has 1 aromatic rings. The molecule has 1 saturated heterocycles. The van der Waals surface area contributed by atoms with Crippen LogP contribution in [0.1, 0.15) is 25.8 Å². The maximum Gasteiger partial charge on any atom is 0.327 e. The summed E-state index contributed by atoms with van der Waals surface area (Å²) in [5.74, 6) is -3.53. The number of phenolic OH excluding ortho intramolecular Hbond substituents is 1. The van der Waals surface area contributed by atoms with E-state index in [0.717, 1.165) is 35.4 Å². The number of anilines is 1. The van der Waals surface area contributed by atoms with Crippen molar-refractivity contribution < 1.29 is 29.7 Å². The molecular formula is C18H20N2O6S2. The number of hydrogen-bond donors (Lipinski definition) is 3. The van der Waals surface area contributed by atoms with Gasteiger partial charge in [0.1, 0.15) is 16.1 Å². The van der Waals surface area contributed by atoms with E-state index in [9.17, 15) is 24.6 Å². The molecule has 1 aliphatic heterocycles. The molecule has 0 spiro atoms. The van der Waals surface area contributed by atoms with Gasteiger partial charge in [-0.3, -0.25) is 14.5 Å². The van der Waals surface area contributed by atoms with E-state index in [1.807, 2.05) is 24.8 Å². The average Bonchev–Trinajstić information content (AvgIpc) is 2.89. The highest BCUT2D eigenvalue weighted by molar-refractivity contribution is 8.26. The Morgan fingerprint density at radius 1 is 1.29 bits per heavy atom. The minimum Gasteiger partial charge on any atom is -0.507 e. The van der Waals surface area contributed by atoms with Crippen molar-refractivity contribution in [1.29, 1.82) is 0 Å². The van der Waals surface area contributed by atoms with Crippen LogP contribution in [0.3, 0.4) is 0 Å². The van der Waals surface area contributed by atoms with E-state index in [4.69, 9.17) is 17.3 Å². The fraction of sp³-hybridized carbons (Fsp3) is 0.333. The van der Waals surface area contributed by atoms with Gasteiger partial charge in [0, 0.05) is 30.4 Å². The van der Waals surface area contributed by atoms with Gasteiger partial charge in [0.15, 0.2) is 0 Å². The van der Waals surface area contributed by atoms with Crippen molar-refractivity contribution in [3.63, 3.8) is 0 Å². The highest BCUT2D eigenvalue weighted by Gasteiger charge is 2.41. The molecule has 0 saturated carbocycles. The van der Waals surface area contributed by atoms with Crippen LogP contribution in [-0.2, 0) is 14.4 Å². The van der Waals surface area contributed by atoms with Gasteiger partial charge in [-0.1, -0.05) is 24.0 Å². The molecule has 1 fully saturated rings. The zero-order valence-corrected chi connectivity index (χ0v) is 16.9. The number of carboxylic acid groups (broad SMARTS) is 2. The van der Waals surface area contributed by atoms with Crippen LogP contribution in [-0.4, -0.2) is 61.5 Å². The number of nitrogens with zero attached hydrogens (tertiary/aromatic N) is 2. The van der Waals surface area contributed by atoms with E-state index < -0.39 is 30.3 Å². The first kappa shape index (κ1) is 21.7. The molecule has 0 aromatic heterocycles. The molecule has 0 bridgehead atoms. The minimum atomic E-state index is -1.59. The number of thioether (sulfide) groups is 1. The standard InChI is InChI=1S/C18H20N2O6S2/c1-3-19(4-2)11-6-5-10(13(21)8-11)7-14-16(24)20(18(27)28-14)12(17(25)26)9-15(22)23/h5-8,12,21H,3-4,9H2,1-2H3,(H,22,23)(H,25,26). The van der Waals surface area contributed by atoms with Gasteiger partial charge in [0.05, 0.1) is 11.3 Å². The Balaban J connectivity index is 2.33. The van der Waals surface area contributed by atoms with Crippen molar-refractivity contribution in [2.24, 2.45) is 0 Å². The molecular weight excluding hydrogens is 404 g/mol. The van der Waals surface area contributed by atoms with E-state index in [1.54, 1.807) is 12.1 Å². The lowest BCUT2D eigenvalue weighted by Gasteiger charge is -2.21. The molecule has 1 aliphatic rings. The number of amides is 1. The van der Waals surface area contributed by atoms with Crippen molar-refractivity contribution >= 4 is 57.9 Å². The van der Waals surface area contributed by atoms with Crippen LogP contribution in [0.2, 0.25) is 0 Å². The van der Waals surface area contributed by atoms with E-state index in [1.165, 1.54) is 6.08 Å². The predicted molar refractivity (Wildman–Crippen MR) is 110 cm³/mol. The van der Waals surface area contributed by atoms with Crippen molar-refractivity contribution in [2.45, 2.75) is 26.3 Å². The summed E-state index contributed by atoms with van der Waals surface area (Å²) < 4.78 is -0.0378. The lowest BCUT2D eigenvalue weighted by Crippen LogP contribution is -2.45. The molecule has 1 amide bonds. The number of aliphatic carboxylic acids is 2. The summed E-state index contributed by atoms with van der Waals surface area (Å²) in [5, 5.41) is 28.5. The van der Waals surface area contributed by atoms with Crippen molar-refractivity contribution in [2.75, 3.05) is 18.0 Å². The summed E-state index contributed by atoms with van der Waals surface area (Å²) in [7, 11) is 0. The Labute approximate surface area is 171 Å². The lowest BCUT2D eigenvalue weighted by molar-refractivity contribution is -0.150. The molecule has 28 heavy (non-hydrogen) atoms. The Kier molecular flexibility index (Phi) is 7.03. The minimum absolute atomic E-state index is 0.0324. The van der Waals surface area contributed by atoms with Crippen LogP contribution in [0, 0.1) is 0 Å². The Morgan fingerprint density at radius 3 is 2.43 bits per heavy atom. The summed E-state index contributed by atoms with van der Waals surface area (Å²) in [6.45, 7) is 5.54. The second-order valence-corrected chi connectivity index (χ2v) is 7.59. The molecule has 2 rings (SSSR count). The molecule has 3 N–H and O–H groups in total. The Hall–Kier alpha value is -2.59. The number of benzene rings is 1. The monoisotopic (exact) mass is 424 g/mol. The normalized spacial score (nSPS) is 16.5. The van der Waals surface area contributed by atoms with Crippen molar-refractivity contribution in [1.82, 2.24) is 4.90 Å². The maximum atomic E-state index is 12.6. The third-order valence-electron chi connectivity index (χ3n) is 4.22. The molecule has 150 valence electrons. The fourth-order valence-corrected chi connectivity index (χ4v) is 4.13. The third kappa shape index (κ3) is 4.63. The van der Waals surface area contributed by atoms with Gasteiger partial charge in [-0.15, -0.1) is 0 Å². The molecule has 10 heteroatoms. The number of rotatable bonds is 8. The lowest BCUT2D eigenvalue weighted by atomic mass is 10.1. The third-order valence-corrected chi connectivity index (χ3v) is 5.55. The molecule has 1 unspecified atom stereocenters. The second kappa shape index (κ2) is 9.07. The number of hydrogen-bond acceptors (Lipinski definition) is 7. The average molecular weight is 425 g/mol. The Morgan fingerprint density at radius 2 is 1.93 bits per heavy atom. The van der Waals surface area contributed by atoms with Gasteiger partial charge < -0.3 is 20.2 Å². The van der Waals surface area contributed by atoms with E-state index in [2.05, 4.69) is 0 Å². The highest BCUT2D eigenvalue weighted by Crippen LogP contribution is 2.36. The van der Waals surface area contributed by atoms with Crippen molar-refractivity contribution in [3.8, 4) is 5.75 Å². The van der Waals surface area contributed by atoms with Crippen LogP contribution in [0.15, 0.2) is 23.1 Å². The molecule has 1 atom stereocenters. The van der Waals surface area contributed by atoms with Crippen LogP contribution < -0.4 is 4.90 Å². The SMILES string of the molecule is CCN(CC)c1ccc(C=C2SC(=S)N(C(CC(=O)O)C(=O)O)C2=O)c(O)c1. The molecule has 0 aliphatic carbocycles. The molecule has 0 radical (unpaired) electrons. The number of carboxylic acids is 2. The van der Waals surface area contributed by atoms with Gasteiger partial charge in [0.25, 0.3) is 5.91 Å². The van der Waals surface area contributed by atoms with Gasteiger partial charge in [-0.05, 0) is 32.1 Å². The van der Waals surface area contributed by atoms with Crippen LogP contribution >= 0.6 is 24.0 Å². The fourth-order valence-electron chi connectivity index (χ4n) is 2.78. The first-order valence-corrected chi connectivity index (χ1v) is 9.71. The highest BCUT2D eigenvalue weighted by atomic mass is 32.2. The first-order chi connectivity index (χ1) is 13.2. The number of aromatic hydroxyl groups is 1. The number of phenols is 1. The van der Waals surface area contributed by atoms with Crippen LogP contribution in [0.25, 0.3) is 6.08 Å². The smallest absolute Gasteiger partial charge is 0.327 e. The molecule has 1 aromatic carbocycles. The zero-order valence-electron chi connectivity index (χ0n) is 15.3. The summed E-state index contributed by atoms with van der Waals surface area (Å²) in [6, 6.07) is 3.46. The summed E-state index contributed by atoms with van der Waals surface area (Å²) in [5.41, 5.74) is 1.21. The topological polar surface area (TPSA) is 118 Å². The maximum absolute atomic E-state index is 12.6. The largest absolute Gasteiger partial charge is 0.507 e. The molecule has 8 nitrogen and oxygen atoms in total. The first-order valence-electron chi connectivity index (χ1n) is 8.49. The van der Waals surface area contributed by atoms with Gasteiger partial charge in [-0.2, -0.15) is 0 Å². The summed E-state index contributed by atoms with van der Waals surface area (Å²) in [4.78, 5) is 37.9. The van der Waals surface area contributed by atoms with Crippen molar-refractivity contribution in [3.05, 3.63) is 28.7 Å². The summed E-state index contributed by atoms with van der Waals surface area (Å²) >= 11 is 5.95. The van der Waals surface area contributed by atoms with E-state index >= 15 is 0 Å². The van der Waals surface area contributed by atoms with Crippen LogP contribution in [0.5, 0.6) is 5.75 Å². The number of carbonyl (C=O) groups excluding carboxylic acids is 1. The van der Waals surface area contributed by atoms with E-state index in [-0.39, 0.29) is 15.0 Å². The van der Waals surface area contributed by atoms with Gasteiger partial charge in [0.2, 0.25) is 0 Å².